The van der Waals surface area contributed by atoms with Crippen molar-refractivity contribution in [3.8, 4) is 0 Å². The second-order valence-electron chi connectivity index (χ2n) is 7.25. The van der Waals surface area contributed by atoms with Crippen molar-refractivity contribution < 1.29 is 31.6 Å². The normalized spacial score (nSPS) is 12.4. The Hall–Kier alpha value is -3.76. The van der Waals surface area contributed by atoms with Crippen LogP contribution in [0.15, 0.2) is 82.3 Å². The largest absolute Gasteiger partial charge is 0.468 e. The van der Waals surface area contributed by atoms with Crippen LogP contribution in [-0.2, 0) is 30.9 Å². The summed E-state index contributed by atoms with van der Waals surface area (Å²) < 4.78 is 50.1. The number of amides is 1. The Kier molecular flexibility index (Phi) is 8.34. The summed E-state index contributed by atoms with van der Waals surface area (Å²) in [6.45, 7) is 1.27. The van der Waals surface area contributed by atoms with Gasteiger partial charge < -0.3 is 14.5 Å². The number of esters is 1. The minimum Gasteiger partial charge on any atom is -0.468 e. The first-order valence-corrected chi connectivity index (χ1v) is 11.7. The van der Waals surface area contributed by atoms with Crippen LogP contribution in [0.25, 0.3) is 6.08 Å². The molecule has 1 heterocycles. The van der Waals surface area contributed by atoms with E-state index >= 15 is 0 Å². The zero-order valence-corrected chi connectivity index (χ0v) is 19.0. The van der Waals surface area contributed by atoms with Crippen LogP contribution in [0.1, 0.15) is 29.9 Å². The van der Waals surface area contributed by atoms with Crippen LogP contribution in [0.3, 0.4) is 0 Å². The van der Waals surface area contributed by atoms with E-state index in [1.807, 2.05) is 0 Å². The maximum Gasteiger partial charge on any atom is 0.331 e. The molecule has 0 fully saturated rings. The molecule has 0 spiro atoms. The lowest BCUT2D eigenvalue weighted by atomic mass is 10.1. The van der Waals surface area contributed by atoms with Crippen LogP contribution in [0.5, 0.6) is 0 Å². The van der Waals surface area contributed by atoms with Crippen molar-refractivity contribution in [2.45, 2.75) is 24.4 Å². The Morgan fingerprint density at radius 2 is 1.79 bits per heavy atom. The molecule has 0 aliphatic carbocycles. The van der Waals surface area contributed by atoms with Gasteiger partial charge in [-0.2, -0.15) is 0 Å². The number of benzene rings is 2. The molecule has 1 atom stereocenters. The maximum absolute atomic E-state index is 13.0. The molecule has 0 aliphatic rings. The summed E-state index contributed by atoms with van der Waals surface area (Å²) in [7, 11) is -3.72. The summed E-state index contributed by atoms with van der Waals surface area (Å²) in [4.78, 5) is 23.9. The molecule has 8 nitrogen and oxygen atoms in total. The van der Waals surface area contributed by atoms with E-state index in [2.05, 4.69) is 10.0 Å². The standard InChI is InChI=1S/C24H23FN2O6S/c1-17(19-7-9-20(25)10-8-19)27-23(28)16-33-24(29)13-6-18-4-11-22(12-5-18)34(30,31)26-15-21-3-2-14-32-21/h2-14,17,26H,15-16H2,1H3,(H,27,28)/b13-6+. The number of carbonyl (C=O) groups is 2. The smallest absolute Gasteiger partial charge is 0.331 e. The van der Waals surface area contributed by atoms with Gasteiger partial charge in [-0.15, -0.1) is 0 Å². The molecular formula is C24H23FN2O6S. The Bertz CT molecular complexity index is 1240. The number of ether oxygens (including phenoxy) is 1. The summed E-state index contributed by atoms with van der Waals surface area (Å²) in [6, 6.07) is 14.5. The van der Waals surface area contributed by atoms with Gasteiger partial charge in [0.2, 0.25) is 10.0 Å². The Morgan fingerprint density at radius 1 is 1.09 bits per heavy atom. The van der Waals surface area contributed by atoms with E-state index in [0.29, 0.717) is 16.9 Å². The zero-order chi connectivity index (χ0) is 24.6. The maximum atomic E-state index is 13.0. The highest BCUT2D eigenvalue weighted by Gasteiger charge is 2.14. The van der Waals surface area contributed by atoms with Gasteiger partial charge in [0.15, 0.2) is 6.61 Å². The van der Waals surface area contributed by atoms with Crippen molar-refractivity contribution in [1.29, 1.82) is 0 Å². The summed E-state index contributed by atoms with van der Waals surface area (Å²) in [6.07, 6.45) is 4.03. The molecular weight excluding hydrogens is 463 g/mol. The number of hydrogen-bond acceptors (Lipinski definition) is 6. The number of hydrogen-bond donors (Lipinski definition) is 2. The van der Waals surface area contributed by atoms with Gasteiger partial charge >= 0.3 is 5.97 Å². The fourth-order valence-electron chi connectivity index (χ4n) is 2.89. The van der Waals surface area contributed by atoms with Crippen LogP contribution >= 0.6 is 0 Å². The third kappa shape index (κ3) is 7.39. The SMILES string of the molecule is CC(NC(=O)COC(=O)/C=C/c1ccc(S(=O)(=O)NCc2ccco2)cc1)c1ccc(F)cc1. The molecule has 34 heavy (non-hydrogen) atoms. The molecule has 1 amide bonds. The number of nitrogens with one attached hydrogen (secondary N) is 2. The van der Waals surface area contributed by atoms with E-state index in [1.165, 1.54) is 48.7 Å². The van der Waals surface area contributed by atoms with E-state index in [1.54, 1.807) is 31.2 Å². The molecule has 0 bridgehead atoms. The summed E-state index contributed by atoms with van der Waals surface area (Å²) in [5.41, 5.74) is 1.28. The first kappa shape index (κ1) is 24.9. The van der Waals surface area contributed by atoms with E-state index in [0.717, 1.165) is 6.08 Å². The highest BCUT2D eigenvalue weighted by Crippen LogP contribution is 2.14. The number of furan rings is 1. The Labute approximate surface area is 196 Å². The fraction of sp³-hybridized carbons (Fsp3) is 0.167. The van der Waals surface area contributed by atoms with E-state index in [4.69, 9.17) is 9.15 Å². The van der Waals surface area contributed by atoms with Crippen molar-refractivity contribution in [2.75, 3.05) is 6.61 Å². The minimum atomic E-state index is -3.72. The predicted molar refractivity (Wildman–Crippen MR) is 122 cm³/mol. The van der Waals surface area contributed by atoms with Gasteiger partial charge in [-0.1, -0.05) is 24.3 Å². The van der Waals surface area contributed by atoms with E-state index < -0.39 is 28.5 Å². The fourth-order valence-corrected chi connectivity index (χ4v) is 3.88. The summed E-state index contributed by atoms with van der Waals surface area (Å²) >= 11 is 0. The second kappa shape index (κ2) is 11.4. The van der Waals surface area contributed by atoms with Crippen LogP contribution in [0, 0.1) is 5.82 Å². The molecule has 2 N–H and O–H groups in total. The molecule has 3 aromatic rings. The van der Waals surface area contributed by atoms with Crippen molar-refractivity contribution >= 4 is 28.0 Å². The van der Waals surface area contributed by atoms with Crippen LogP contribution in [-0.4, -0.2) is 26.9 Å². The van der Waals surface area contributed by atoms with Crippen LogP contribution < -0.4 is 10.0 Å². The van der Waals surface area contributed by atoms with Crippen molar-refractivity contribution in [1.82, 2.24) is 10.0 Å². The van der Waals surface area contributed by atoms with Gasteiger partial charge in [0, 0.05) is 6.08 Å². The summed E-state index contributed by atoms with van der Waals surface area (Å²) in [5, 5.41) is 2.65. The summed E-state index contributed by atoms with van der Waals surface area (Å²) in [5.74, 6) is -1.13. The van der Waals surface area contributed by atoms with Gasteiger partial charge in [-0.3, -0.25) is 4.79 Å². The Morgan fingerprint density at radius 3 is 2.44 bits per heavy atom. The number of halogens is 1. The van der Waals surface area contributed by atoms with E-state index in [9.17, 15) is 22.4 Å². The molecule has 1 aromatic heterocycles. The molecule has 0 radical (unpaired) electrons. The highest BCUT2D eigenvalue weighted by atomic mass is 32.2. The molecule has 178 valence electrons. The number of rotatable bonds is 10. The lowest BCUT2D eigenvalue weighted by Crippen LogP contribution is -2.30. The third-order valence-electron chi connectivity index (χ3n) is 4.71. The van der Waals surface area contributed by atoms with Gasteiger partial charge in [0.25, 0.3) is 5.91 Å². The first-order chi connectivity index (χ1) is 16.2. The number of sulfonamides is 1. The van der Waals surface area contributed by atoms with Crippen molar-refractivity contribution in [2.24, 2.45) is 0 Å². The lowest BCUT2D eigenvalue weighted by molar-refractivity contribution is -0.144. The van der Waals surface area contributed by atoms with Gasteiger partial charge in [-0.05, 0) is 60.5 Å². The Balaban J connectivity index is 1.45. The molecule has 1 unspecified atom stereocenters. The number of carbonyl (C=O) groups excluding carboxylic acids is 2. The van der Waals surface area contributed by atoms with Crippen LogP contribution in [0.4, 0.5) is 4.39 Å². The lowest BCUT2D eigenvalue weighted by Gasteiger charge is -2.14. The molecule has 0 saturated carbocycles. The molecule has 3 rings (SSSR count). The van der Waals surface area contributed by atoms with Crippen molar-refractivity contribution in [3.05, 3.63) is 95.7 Å². The van der Waals surface area contributed by atoms with Gasteiger partial charge in [0.05, 0.1) is 23.7 Å². The van der Waals surface area contributed by atoms with Gasteiger partial charge in [0.1, 0.15) is 11.6 Å². The zero-order valence-electron chi connectivity index (χ0n) is 18.2. The minimum absolute atomic E-state index is 0.0269. The molecule has 10 heteroatoms. The predicted octanol–water partition coefficient (Wildman–Crippen LogP) is 3.33. The quantitative estimate of drug-likeness (QED) is 0.336. The second-order valence-corrected chi connectivity index (χ2v) is 9.02. The van der Waals surface area contributed by atoms with Gasteiger partial charge in [-0.25, -0.2) is 22.3 Å². The van der Waals surface area contributed by atoms with Crippen molar-refractivity contribution in [3.63, 3.8) is 0 Å². The van der Waals surface area contributed by atoms with E-state index in [-0.39, 0.29) is 23.3 Å². The molecule has 0 aliphatic heterocycles. The average molecular weight is 487 g/mol. The molecule has 2 aromatic carbocycles. The first-order valence-electron chi connectivity index (χ1n) is 10.2. The average Bonchev–Trinajstić information content (AvgIpc) is 3.35. The third-order valence-corrected chi connectivity index (χ3v) is 6.13. The highest BCUT2D eigenvalue weighted by molar-refractivity contribution is 7.89. The topological polar surface area (TPSA) is 115 Å². The molecule has 0 saturated heterocycles. The monoisotopic (exact) mass is 486 g/mol. The van der Waals surface area contributed by atoms with Crippen LogP contribution in [0.2, 0.25) is 0 Å².